The highest BCUT2D eigenvalue weighted by Crippen LogP contribution is 2.46. The molecule has 3 heterocycles. The zero-order chi connectivity index (χ0) is 41.9. The van der Waals surface area contributed by atoms with Crippen LogP contribution in [-0.4, -0.2) is 83.2 Å². The van der Waals surface area contributed by atoms with E-state index in [9.17, 15) is 27.6 Å². The van der Waals surface area contributed by atoms with Crippen LogP contribution in [0, 0.1) is 11.3 Å². The largest absolute Gasteiger partial charge is 0.484 e. The Bertz CT molecular complexity index is 2420. The number of amides is 4. The van der Waals surface area contributed by atoms with Gasteiger partial charge in [0.2, 0.25) is 21.8 Å². The number of furan rings is 1. The number of nitrogens with one attached hydrogen (secondary N) is 3. The Morgan fingerprint density at radius 3 is 2.38 bits per heavy atom. The Balaban J connectivity index is 1.24. The van der Waals surface area contributed by atoms with E-state index in [4.69, 9.17) is 30.5 Å². The summed E-state index contributed by atoms with van der Waals surface area (Å²) in [7, 11) is -3.93. The van der Waals surface area contributed by atoms with Crippen LogP contribution in [0.25, 0.3) is 33.3 Å². The minimum absolute atomic E-state index is 0.0335. The van der Waals surface area contributed by atoms with Crippen LogP contribution in [0.15, 0.2) is 71.7 Å². The molecule has 14 nitrogen and oxygen atoms in total. The number of halogens is 1. The Hall–Kier alpha value is -5.15. The van der Waals surface area contributed by atoms with Gasteiger partial charge in [-0.05, 0) is 63.6 Å². The Kier molecular flexibility index (Phi) is 10.5. The Morgan fingerprint density at radius 2 is 1.76 bits per heavy atom. The van der Waals surface area contributed by atoms with Gasteiger partial charge in [-0.25, -0.2) is 18.2 Å². The predicted molar refractivity (Wildman–Crippen MR) is 218 cm³/mol. The summed E-state index contributed by atoms with van der Waals surface area (Å²) in [6, 6.07) is 14.1. The van der Waals surface area contributed by atoms with E-state index in [0.29, 0.717) is 51.4 Å². The van der Waals surface area contributed by atoms with Gasteiger partial charge in [-0.3, -0.25) is 19.1 Å². The van der Waals surface area contributed by atoms with Crippen molar-refractivity contribution in [3.63, 3.8) is 0 Å². The topological polar surface area (TPSA) is 186 Å². The third-order valence-electron chi connectivity index (χ3n) is 10.6. The molecule has 7 rings (SSSR count). The third kappa shape index (κ3) is 8.37. The van der Waals surface area contributed by atoms with Crippen LogP contribution < -0.4 is 20.1 Å². The molecule has 0 radical (unpaired) electrons. The number of likely N-dealkylation sites (tertiary alicyclic amines) is 1. The number of nitrogens with zero attached hydrogens (tertiary/aromatic N) is 2. The Labute approximate surface area is 342 Å². The first-order chi connectivity index (χ1) is 27.2. The first-order valence-corrected chi connectivity index (χ1v) is 21.2. The summed E-state index contributed by atoms with van der Waals surface area (Å²) in [6.07, 6.45) is 0.845. The second-order valence-electron chi connectivity index (χ2n) is 17.4. The van der Waals surface area contributed by atoms with Crippen molar-refractivity contribution in [3.05, 3.63) is 72.3 Å². The summed E-state index contributed by atoms with van der Waals surface area (Å²) in [4.78, 5) is 62.2. The van der Waals surface area contributed by atoms with Crippen molar-refractivity contribution in [1.29, 1.82) is 0 Å². The lowest BCUT2D eigenvalue weighted by molar-refractivity contribution is -0.143. The van der Waals surface area contributed by atoms with E-state index in [0.717, 1.165) is 5.56 Å². The molecule has 16 heteroatoms. The number of benzene rings is 2. The van der Waals surface area contributed by atoms with Crippen molar-refractivity contribution in [2.24, 2.45) is 11.3 Å². The van der Waals surface area contributed by atoms with Gasteiger partial charge in [0.15, 0.2) is 11.3 Å². The van der Waals surface area contributed by atoms with Gasteiger partial charge in [0.25, 0.3) is 5.91 Å². The Morgan fingerprint density at radius 1 is 1.05 bits per heavy atom. The van der Waals surface area contributed by atoms with Crippen molar-refractivity contribution in [2.45, 2.75) is 102 Å². The van der Waals surface area contributed by atoms with Crippen molar-refractivity contribution in [2.75, 3.05) is 6.54 Å². The van der Waals surface area contributed by atoms with Gasteiger partial charge in [0, 0.05) is 34.4 Å². The number of aromatic nitrogens is 1. The number of hydrogen-bond acceptors (Lipinski definition) is 10. The normalized spacial score (nSPS) is 22.6. The van der Waals surface area contributed by atoms with Gasteiger partial charge < -0.3 is 29.4 Å². The van der Waals surface area contributed by atoms with Crippen LogP contribution >= 0.6 is 11.6 Å². The number of pyridine rings is 1. The molecule has 3 fully saturated rings. The van der Waals surface area contributed by atoms with Crippen LogP contribution in [0.2, 0.25) is 5.02 Å². The molecule has 4 amide bonds. The van der Waals surface area contributed by atoms with Crippen molar-refractivity contribution >= 4 is 67.5 Å². The summed E-state index contributed by atoms with van der Waals surface area (Å²) >= 11 is 6.39. The van der Waals surface area contributed by atoms with Crippen LogP contribution in [-0.2, 0) is 29.1 Å². The van der Waals surface area contributed by atoms with Gasteiger partial charge >= 0.3 is 6.09 Å². The molecular formula is C42H48ClN5O9S. The molecule has 2 aromatic heterocycles. The number of carbonyl (C=O) groups is 4. The molecule has 58 heavy (non-hydrogen) atoms. The maximum atomic E-state index is 14.7. The molecule has 4 aromatic rings. The number of rotatable bonds is 11. The first kappa shape index (κ1) is 41.0. The summed E-state index contributed by atoms with van der Waals surface area (Å²) < 4.78 is 46.2. The summed E-state index contributed by atoms with van der Waals surface area (Å²) in [5, 5.41) is 6.01. The summed E-state index contributed by atoms with van der Waals surface area (Å²) in [5.74, 6) is -2.39. The van der Waals surface area contributed by atoms with Crippen LogP contribution in [0.1, 0.15) is 67.2 Å². The molecule has 5 atom stereocenters. The monoisotopic (exact) mass is 833 g/mol. The van der Waals surface area contributed by atoms with E-state index in [2.05, 4.69) is 21.9 Å². The minimum atomic E-state index is -3.93. The fourth-order valence-electron chi connectivity index (χ4n) is 7.34. The average molecular weight is 834 g/mol. The molecule has 0 bridgehead atoms. The molecule has 2 saturated carbocycles. The van der Waals surface area contributed by atoms with Gasteiger partial charge in [-0.15, -0.1) is 6.58 Å². The van der Waals surface area contributed by atoms with Crippen LogP contribution in [0.3, 0.4) is 0 Å². The van der Waals surface area contributed by atoms with E-state index >= 15 is 0 Å². The third-order valence-corrected chi connectivity index (χ3v) is 12.6. The molecule has 2 aromatic carbocycles. The first-order valence-electron chi connectivity index (χ1n) is 19.2. The van der Waals surface area contributed by atoms with Crippen LogP contribution in [0.5, 0.6) is 5.75 Å². The molecule has 3 aliphatic rings. The second-order valence-corrected chi connectivity index (χ2v) is 19.8. The molecular weight excluding hydrogens is 786 g/mol. The van der Waals surface area contributed by atoms with E-state index in [1.165, 1.54) is 11.0 Å². The van der Waals surface area contributed by atoms with Gasteiger partial charge in [-0.1, -0.05) is 68.8 Å². The standard InChI is InChI=1S/C42H48ClN5O9S/c1-8-24-21-42(24,38(51)47-58(53,54)27-15-16-27)46-36(49)30-19-26(22-48(30)37(50)35(40(2,3)4)45-39(52)57-41(5,6)7)55-32-20-29(23-12-10-9-11-13-23)44-33-28-18-25(43)14-17-31(28)56-34(32)33/h8-14,17-18,20,24,26-27,30,35H,1,15-16,19,21-22H2,2-7H3,(H,45,52)(H,46,49)(H,47,51)/t24-,26?,30+,35-,42-/m1/s1. The lowest BCUT2D eigenvalue weighted by Crippen LogP contribution is -2.60. The number of sulfonamides is 1. The second kappa shape index (κ2) is 14.9. The molecule has 3 N–H and O–H groups in total. The molecule has 1 unspecified atom stereocenters. The maximum absolute atomic E-state index is 14.7. The molecule has 308 valence electrons. The number of hydrogen-bond donors (Lipinski definition) is 3. The fourth-order valence-corrected chi connectivity index (χ4v) is 8.87. The number of ether oxygens (including phenoxy) is 2. The molecule has 1 aliphatic heterocycles. The highest BCUT2D eigenvalue weighted by Gasteiger charge is 2.62. The van der Waals surface area contributed by atoms with Crippen LogP contribution in [0.4, 0.5) is 4.79 Å². The summed E-state index contributed by atoms with van der Waals surface area (Å²) in [5.41, 5.74) is -0.549. The fraction of sp³-hybridized carbons (Fsp3) is 0.452. The van der Waals surface area contributed by atoms with Gasteiger partial charge in [0.05, 0.1) is 17.5 Å². The van der Waals surface area contributed by atoms with Gasteiger partial charge in [-0.2, -0.15) is 0 Å². The zero-order valence-corrected chi connectivity index (χ0v) is 34.8. The smallest absolute Gasteiger partial charge is 0.408 e. The number of fused-ring (bicyclic) bond motifs is 3. The van der Waals surface area contributed by atoms with Gasteiger partial charge in [0.1, 0.15) is 40.4 Å². The number of carbonyl (C=O) groups excluding carboxylic acids is 4. The lowest BCUT2D eigenvalue weighted by atomic mass is 9.85. The minimum Gasteiger partial charge on any atom is -0.484 e. The maximum Gasteiger partial charge on any atom is 0.408 e. The predicted octanol–water partition coefficient (Wildman–Crippen LogP) is 6.26. The number of alkyl carbamates (subject to hydrolysis) is 1. The van der Waals surface area contributed by atoms with E-state index in [1.807, 2.05) is 30.3 Å². The van der Waals surface area contributed by atoms with Crippen molar-refractivity contribution < 1.29 is 41.5 Å². The molecule has 0 spiro atoms. The van der Waals surface area contributed by atoms with Crippen molar-refractivity contribution in [1.82, 2.24) is 25.2 Å². The van der Waals surface area contributed by atoms with E-state index in [-0.39, 0.29) is 19.4 Å². The zero-order valence-electron chi connectivity index (χ0n) is 33.3. The molecule has 1 saturated heterocycles. The lowest BCUT2D eigenvalue weighted by Gasteiger charge is -2.36. The molecule has 2 aliphatic carbocycles. The SMILES string of the molecule is C=C[C@@H]1C[C@]1(NC(=O)[C@@H]1CC(Oc2cc(-c3ccccc3)nc3c2oc2ccc(Cl)cc23)CN1C(=O)[C@@H](NC(=O)OC(C)(C)C)C(C)(C)C)C(=O)NS(=O)(=O)C1CC1. The van der Waals surface area contributed by atoms with Crippen molar-refractivity contribution in [3.8, 4) is 17.0 Å². The quantitative estimate of drug-likeness (QED) is 0.146. The summed E-state index contributed by atoms with van der Waals surface area (Å²) in [6.45, 7) is 14.1. The van der Waals surface area contributed by atoms with E-state index < -0.39 is 79.7 Å². The highest BCUT2D eigenvalue weighted by atomic mass is 35.5. The average Bonchev–Trinajstić information content (AvgIpc) is 4.05. The van der Waals surface area contributed by atoms with E-state index in [1.54, 1.807) is 65.8 Å². The highest BCUT2D eigenvalue weighted by molar-refractivity contribution is 7.91.